The van der Waals surface area contributed by atoms with Gasteiger partial charge in [-0.3, -0.25) is 4.90 Å². The quantitative estimate of drug-likeness (QED) is 0.732. The number of likely N-dealkylation sites (N-methyl/N-ethyl adjacent to an activating group) is 1. The normalized spacial score (nSPS) is 18.3. The van der Waals surface area contributed by atoms with Gasteiger partial charge in [-0.25, -0.2) is 9.97 Å². The van der Waals surface area contributed by atoms with Crippen molar-refractivity contribution in [2.45, 2.75) is 30.1 Å². The molecule has 1 unspecified atom stereocenters. The number of nitrogens with zero attached hydrogens (tertiary/aromatic N) is 4. The van der Waals surface area contributed by atoms with Gasteiger partial charge in [0.25, 0.3) is 0 Å². The maximum absolute atomic E-state index is 12.8. The highest BCUT2D eigenvalue weighted by molar-refractivity contribution is 7.98. The van der Waals surface area contributed by atoms with Crippen LogP contribution in [-0.4, -0.2) is 47.3 Å². The Labute approximate surface area is 155 Å². The molecule has 140 valence electrons. The molecule has 1 aromatic carbocycles. The number of halogens is 3. The molecule has 1 aliphatic rings. The van der Waals surface area contributed by atoms with Crippen LogP contribution in [0.3, 0.4) is 0 Å². The first-order valence-corrected chi connectivity index (χ1v) is 9.56. The predicted octanol–water partition coefficient (Wildman–Crippen LogP) is 3.93. The van der Waals surface area contributed by atoms with Crippen molar-refractivity contribution in [3.8, 4) is 0 Å². The van der Waals surface area contributed by atoms with Crippen molar-refractivity contribution in [3.05, 3.63) is 47.9 Å². The van der Waals surface area contributed by atoms with E-state index in [1.807, 2.05) is 11.2 Å². The van der Waals surface area contributed by atoms with Crippen molar-refractivity contribution < 1.29 is 13.2 Å². The smallest absolute Gasteiger partial charge is 0.355 e. The number of hydrogen-bond acceptors (Lipinski definition) is 5. The third-order valence-electron chi connectivity index (χ3n) is 4.66. The third kappa shape index (κ3) is 4.48. The van der Waals surface area contributed by atoms with Gasteiger partial charge in [0.2, 0.25) is 0 Å². The number of hydrogen-bond donors (Lipinski definition) is 0. The van der Waals surface area contributed by atoms with E-state index in [9.17, 15) is 13.2 Å². The van der Waals surface area contributed by atoms with E-state index in [0.717, 1.165) is 38.4 Å². The zero-order valence-electron chi connectivity index (χ0n) is 14.7. The summed E-state index contributed by atoms with van der Waals surface area (Å²) in [5.74, 6) is 0.309. The van der Waals surface area contributed by atoms with E-state index >= 15 is 0 Å². The van der Waals surface area contributed by atoms with Crippen molar-refractivity contribution in [2.24, 2.45) is 0 Å². The second-order valence-electron chi connectivity index (χ2n) is 6.40. The Hall–Kier alpha value is -1.80. The lowest BCUT2D eigenvalue weighted by atomic mass is 10.2. The van der Waals surface area contributed by atoms with E-state index in [2.05, 4.69) is 39.1 Å². The van der Waals surface area contributed by atoms with Crippen LogP contribution in [0, 0.1) is 0 Å². The number of benzene rings is 1. The van der Waals surface area contributed by atoms with Gasteiger partial charge in [-0.1, -0.05) is 12.1 Å². The van der Waals surface area contributed by atoms with Crippen LogP contribution in [0.15, 0.2) is 41.6 Å². The summed E-state index contributed by atoms with van der Waals surface area (Å²) in [5, 5.41) is 0. The van der Waals surface area contributed by atoms with E-state index in [-0.39, 0.29) is 6.04 Å². The first kappa shape index (κ1) is 19.0. The van der Waals surface area contributed by atoms with Crippen molar-refractivity contribution in [3.63, 3.8) is 0 Å². The molecule has 1 aromatic heterocycles. The first-order valence-electron chi connectivity index (χ1n) is 8.34. The molecule has 26 heavy (non-hydrogen) atoms. The SMILES string of the molecule is CSc1ccc(CN2CCC(N(C)c3cc(C(F)(F)F)ncn3)C2)cc1. The van der Waals surface area contributed by atoms with Crippen molar-refractivity contribution in [2.75, 3.05) is 31.3 Å². The fraction of sp³-hybridized carbons (Fsp3) is 0.444. The summed E-state index contributed by atoms with van der Waals surface area (Å²) in [6, 6.07) is 9.63. The van der Waals surface area contributed by atoms with Crippen LogP contribution in [0.25, 0.3) is 0 Å². The molecule has 1 fully saturated rings. The molecule has 0 saturated carbocycles. The maximum atomic E-state index is 12.8. The van der Waals surface area contributed by atoms with Crippen LogP contribution in [0.1, 0.15) is 17.7 Å². The van der Waals surface area contributed by atoms with E-state index in [1.165, 1.54) is 10.5 Å². The zero-order valence-corrected chi connectivity index (χ0v) is 15.5. The average Bonchev–Trinajstić information content (AvgIpc) is 3.09. The fourth-order valence-electron chi connectivity index (χ4n) is 3.14. The van der Waals surface area contributed by atoms with Crippen molar-refractivity contribution in [1.29, 1.82) is 0 Å². The predicted molar refractivity (Wildman–Crippen MR) is 97.3 cm³/mol. The van der Waals surface area contributed by atoms with Gasteiger partial charge in [-0.2, -0.15) is 13.2 Å². The van der Waals surface area contributed by atoms with E-state index in [4.69, 9.17) is 0 Å². The van der Waals surface area contributed by atoms with Crippen molar-refractivity contribution >= 4 is 17.6 Å². The molecule has 1 aliphatic heterocycles. The summed E-state index contributed by atoms with van der Waals surface area (Å²) in [4.78, 5) is 12.7. The molecule has 0 spiro atoms. The van der Waals surface area contributed by atoms with Gasteiger partial charge in [0.05, 0.1) is 0 Å². The Morgan fingerprint density at radius 2 is 1.96 bits per heavy atom. The molecule has 0 radical (unpaired) electrons. The molecule has 0 N–H and O–H groups in total. The molecule has 1 saturated heterocycles. The summed E-state index contributed by atoms with van der Waals surface area (Å²) >= 11 is 1.71. The third-order valence-corrected chi connectivity index (χ3v) is 5.41. The topological polar surface area (TPSA) is 32.3 Å². The molecule has 2 aromatic rings. The Morgan fingerprint density at radius 1 is 1.23 bits per heavy atom. The van der Waals surface area contributed by atoms with Gasteiger partial charge in [-0.15, -0.1) is 11.8 Å². The van der Waals surface area contributed by atoms with E-state index < -0.39 is 11.9 Å². The summed E-state index contributed by atoms with van der Waals surface area (Å²) < 4.78 is 38.5. The molecule has 1 atom stereocenters. The zero-order chi connectivity index (χ0) is 18.7. The summed E-state index contributed by atoms with van der Waals surface area (Å²) in [6.07, 6.45) is -0.532. The van der Waals surface area contributed by atoms with Crippen LogP contribution in [0.2, 0.25) is 0 Å². The van der Waals surface area contributed by atoms with Crippen LogP contribution >= 0.6 is 11.8 Å². The van der Waals surface area contributed by atoms with Crippen LogP contribution in [-0.2, 0) is 12.7 Å². The maximum Gasteiger partial charge on any atom is 0.433 e. The lowest BCUT2D eigenvalue weighted by molar-refractivity contribution is -0.141. The minimum absolute atomic E-state index is 0.136. The standard InChI is InChI=1S/C18H21F3N4S/c1-24(17-9-16(18(19,20)21)22-12-23-17)14-7-8-25(11-14)10-13-3-5-15(26-2)6-4-13/h3-6,9,12,14H,7-8,10-11H2,1-2H3. The molecule has 3 rings (SSSR count). The van der Waals surface area contributed by atoms with Gasteiger partial charge in [0, 0.05) is 43.7 Å². The lowest BCUT2D eigenvalue weighted by Crippen LogP contribution is -2.35. The van der Waals surface area contributed by atoms with E-state index in [1.54, 1.807) is 18.8 Å². The molecule has 0 amide bonds. The second kappa shape index (κ2) is 7.84. The minimum atomic E-state index is -4.46. The molecule has 2 heterocycles. The minimum Gasteiger partial charge on any atom is -0.355 e. The van der Waals surface area contributed by atoms with Gasteiger partial charge in [0.15, 0.2) is 0 Å². The summed E-state index contributed by atoms with van der Waals surface area (Å²) in [5.41, 5.74) is 0.339. The Balaban J connectivity index is 1.62. The van der Waals surface area contributed by atoms with Crippen LogP contribution in [0.5, 0.6) is 0 Å². The highest BCUT2D eigenvalue weighted by Gasteiger charge is 2.34. The molecular formula is C18H21F3N4S. The number of likely N-dealkylation sites (tertiary alicyclic amines) is 1. The molecule has 0 aliphatic carbocycles. The molecule has 8 heteroatoms. The number of rotatable bonds is 5. The Morgan fingerprint density at radius 3 is 2.62 bits per heavy atom. The monoisotopic (exact) mass is 382 g/mol. The average molecular weight is 382 g/mol. The van der Waals surface area contributed by atoms with Crippen LogP contribution in [0.4, 0.5) is 19.0 Å². The van der Waals surface area contributed by atoms with Gasteiger partial charge >= 0.3 is 6.18 Å². The number of thioether (sulfide) groups is 1. The first-order chi connectivity index (χ1) is 12.4. The Bertz CT molecular complexity index is 736. The highest BCUT2D eigenvalue weighted by Crippen LogP contribution is 2.30. The van der Waals surface area contributed by atoms with Gasteiger partial charge in [0.1, 0.15) is 17.8 Å². The summed E-state index contributed by atoms with van der Waals surface area (Å²) in [7, 11) is 1.80. The van der Waals surface area contributed by atoms with Gasteiger partial charge < -0.3 is 4.90 Å². The number of anilines is 1. The molecule has 4 nitrogen and oxygen atoms in total. The van der Waals surface area contributed by atoms with Gasteiger partial charge in [-0.05, 0) is 30.4 Å². The van der Waals surface area contributed by atoms with Crippen LogP contribution < -0.4 is 4.90 Å². The highest BCUT2D eigenvalue weighted by atomic mass is 32.2. The van der Waals surface area contributed by atoms with E-state index in [0.29, 0.717) is 5.82 Å². The largest absolute Gasteiger partial charge is 0.433 e. The number of aromatic nitrogens is 2. The second-order valence-corrected chi connectivity index (χ2v) is 7.28. The lowest BCUT2D eigenvalue weighted by Gasteiger charge is -2.26. The summed E-state index contributed by atoms with van der Waals surface area (Å²) in [6.45, 7) is 2.55. The molecular weight excluding hydrogens is 361 g/mol. The van der Waals surface area contributed by atoms with Crippen molar-refractivity contribution in [1.82, 2.24) is 14.9 Å². The Kier molecular flexibility index (Phi) is 5.72. The number of alkyl halides is 3. The molecule has 0 bridgehead atoms. The fourth-order valence-corrected chi connectivity index (χ4v) is 3.55.